The molecule has 0 N–H and O–H groups in total. The summed E-state index contributed by atoms with van der Waals surface area (Å²) in [4.78, 5) is 29.2. The van der Waals surface area contributed by atoms with Crippen LogP contribution in [-0.4, -0.2) is 20.7 Å². The molecule has 0 radical (unpaired) electrons. The van der Waals surface area contributed by atoms with Gasteiger partial charge in [0.1, 0.15) is 18.8 Å². The third-order valence-corrected chi connectivity index (χ3v) is 4.30. The van der Waals surface area contributed by atoms with E-state index in [0.29, 0.717) is 22.2 Å². The number of aromatic nitrogens is 3. The molecule has 8 heteroatoms. The Hall–Kier alpha value is -3.99. The van der Waals surface area contributed by atoms with Crippen LogP contribution in [0.2, 0.25) is 0 Å². The van der Waals surface area contributed by atoms with E-state index in [-0.39, 0.29) is 31.0 Å². The SMILES string of the molecule is N#CCn1c(COC(=O)Cc2noc3ccccc23)nc2ccccc2c1=O. The Morgan fingerprint density at radius 2 is 1.89 bits per heavy atom. The Morgan fingerprint density at radius 1 is 1.14 bits per heavy atom. The fourth-order valence-corrected chi connectivity index (χ4v) is 2.96. The Labute approximate surface area is 158 Å². The lowest BCUT2D eigenvalue weighted by Gasteiger charge is -2.11. The van der Waals surface area contributed by atoms with Crippen LogP contribution in [0.5, 0.6) is 0 Å². The van der Waals surface area contributed by atoms with Crippen LogP contribution in [0, 0.1) is 11.3 Å². The van der Waals surface area contributed by atoms with Crippen LogP contribution in [0.3, 0.4) is 0 Å². The van der Waals surface area contributed by atoms with Gasteiger partial charge in [0.05, 0.1) is 23.4 Å². The number of carbonyl (C=O) groups excluding carboxylic acids is 1. The van der Waals surface area contributed by atoms with Crippen molar-refractivity contribution in [2.24, 2.45) is 0 Å². The quantitative estimate of drug-likeness (QED) is 0.493. The number of hydrogen-bond acceptors (Lipinski definition) is 7. The average Bonchev–Trinajstić information content (AvgIpc) is 3.12. The van der Waals surface area contributed by atoms with Crippen molar-refractivity contribution in [2.75, 3.05) is 0 Å². The molecule has 0 fully saturated rings. The van der Waals surface area contributed by atoms with E-state index in [4.69, 9.17) is 14.5 Å². The number of esters is 1. The van der Waals surface area contributed by atoms with E-state index in [1.807, 2.05) is 24.3 Å². The number of carbonyl (C=O) groups is 1. The van der Waals surface area contributed by atoms with Crippen LogP contribution in [0.15, 0.2) is 57.8 Å². The summed E-state index contributed by atoms with van der Waals surface area (Å²) in [5, 5.41) is 14.1. The molecule has 2 aromatic heterocycles. The second kappa shape index (κ2) is 7.32. The van der Waals surface area contributed by atoms with Gasteiger partial charge in [0.2, 0.25) is 0 Å². The van der Waals surface area contributed by atoms with E-state index in [1.165, 1.54) is 4.57 Å². The fourth-order valence-electron chi connectivity index (χ4n) is 2.96. The minimum Gasteiger partial charge on any atom is -0.457 e. The first-order chi connectivity index (χ1) is 13.7. The first-order valence-electron chi connectivity index (χ1n) is 8.51. The second-order valence-corrected chi connectivity index (χ2v) is 6.06. The molecule has 0 saturated carbocycles. The van der Waals surface area contributed by atoms with Gasteiger partial charge in [-0.05, 0) is 24.3 Å². The summed E-state index contributed by atoms with van der Waals surface area (Å²) in [6.07, 6.45) is -0.0763. The van der Waals surface area contributed by atoms with E-state index >= 15 is 0 Å². The summed E-state index contributed by atoms with van der Waals surface area (Å²) in [6, 6.07) is 16.0. The fraction of sp³-hybridized carbons (Fsp3) is 0.150. The Morgan fingerprint density at radius 3 is 2.71 bits per heavy atom. The van der Waals surface area contributed by atoms with Crippen molar-refractivity contribution in [3.63, 3.8) is 0 Å². The van der Waals surface area contributed by atoms with E-state index in [2.05, 4.69) is 10.1 Å². The van der Waals surface area contributed by atoms with Gasteiger partial charge in [0.25, 0.3) is 5.56 Å². The summed E-state index contributed by atoms with van der Waals surface area (Å²) in [5.74, 6) is -0.325. The number of nitrogens with zero attached hydrogens (tertiary/aromatic N) is 4. The maximum absolute atomic E-state index is 12.6. The maximum atomic E-state index is 12.6. The third-order valence-electron chi connectivity index (χ3n) is 4.30. The molecule has 2 heterocycles. The molecule has 0 saturated heterocycles. The van der Waals surface area contributed by atoms with Gasteiger partial charge in [-0.15, -0.1) is 0 Å². The summed E-state index contributed by atoms with van der Waals surface area (Å²) in [6.45, 7) is -0.409. The largest absolute Gasteiger partial charge is 0.457 e. The van der Waals surface area contributed by atoms with Crippen molar-refractivity contribution in [3.05, 3.63) is 70.4 Å². The molecule has 4 rings (SSSR count). The second-order valence-electron chi connectivity index (χ2n) is 6.06. The van der Waals surface area contributed by atoms with Crippen LogP contribution < -0.4 is 5.56 Å². The first kappa shape index (κ1) is 17.4. The lowest BCUT2D eigenvalue weighted by molar-refractivity contribution is -0.144. The van der Waals surface area contributed by atoms with Gasteiger partial charge in [0.15, 0.2) is 11.4 Å². The zero-order valence-corrected chi connectivity index (χ0v) is 14.7. The highest BCUT2D eigenvalue weighted by Crippen LogP contribution is 2.18. The number of ether oxygens (including phenoxy) is 1. The zero-order valence-electron chi connectivity index (χ0n) is 14.7. The molecule has 0 amide bonds. The van der Waals surface area contributed by atoms with Gasteiger partial charge in [-0.25, -0.2) is 4.98 Å². The lowest BCUT2D eigenvalue weighted by atomic mass is 10.2. The highest BCUT2D eigenvalue weighted by molar-refractivity contribution is 5.84. The van der Waals surface area contributed by atoms with E-state index < -0.39 is 5.97 Å². The van der Waals surface area contributed by atoms with Crippen LogP contribution in [0.1, 0.15) is 11.5 Å². The molecule has 28 heavy (non-hydrogen) atoms. The van der Waals surface area contributed by atoms with Crippen LogP contribution in [-0.2, 0) is 29.1 Å². The number of nitriles is 1. The Kier molecular flexibility index (Phi) is 4.56. The highest BCUT2D eigenvalue weighted by atomic mass is 16.5. The van der Waals surface area contributed by atoms with Gasteiger partial charge in [-0.3, -0.25) is 14.2 Å². The van der Waals surface area contributed by atoms with E-state index in [1.54, 1.807) is 30.3 Å². The van der Waals surface area contributed by atoms with Crippen molar-refractivity contribution in [1.82, 2.24) is 14.7 Å². The minimum absolute atomic E-state index is 0.0763. The average molecular weight is 374 g/mol. The van der Waals surface area contributed by atoms with Gasteiger partial charge in [0, 0.05) is 5.39 Å². The normalized spacial score (nSPS) is 10.8. The molecule has 0 aliphatic rings. The molecule has 8 nitrogen and oxygen atoms in total. The van der Waals surface area contributed by atoms with E-state index in [0.717, 1.165) is 5.39 Å². The van der Waals surface area contributed by atoms with Gasteiger partial charge >= 0.3 is 5.97 Å². The Balaban J connectivity index is 1.56. The predicted molar refractivity (Wildman–Crippen MR) is 99.1 cm³/mol. The predicted octanol–water partition coefficient (Wildman–Crippen LogP) is 2.35. The lowest BCUT2D eigenvalue weighted by Crippen LogP contribution is -2.26. The van der Waals surface area contributed by atoms with E-state index in [9.17, 15) is 9.59 Å². The molecule has 0 aliphatic carbocycles. The molecule has 0 aliphatic heterocycles. The van der Waals surface area contributed by atoms with Crippen LogP contribution >= 0.6 is 0 Å². The molecule has 0 unspecified atom stereocenters. The van der Waals surface area contributed by atoms with Gasteiger partial charge < -0.3 is 9.26 Å². The molecule has 2 aromatic carbocycles. The summed E-state index contributed by atoms with van der Waals surface area (Å²) >= 11 is 0. The monoisotopic (exact) mass is 374 g/mol. The van der Waals surface area contributed by atoms with Crippen molar-refractivity contribution >= 4 is 27.8 Å². The standard InChI is InChI=1S/C20H14N4O4/c21-9-10-24-18(22-15-7-3-1-6-14(15)20(24)26)12-27-19(25)11-16-13-5-2-4-8-17(13)28-23-16/h1-8H,10-12H2. The summed E-state index contributed by atoms with van der Waals surface area (Å²) in [7, 11) is 0. The first-order valence-corrected chi connectivity index (χ1v) is 8.51. The van der Waals surface area contributed by atoms with Crippen molar-refractivity contribution in [3.8, 4) is 6.07 Å². The number of hydrogen-bond donors (Lipinski definition) is 0. The topological polar surface area (TPSA) is 111 Å². The number of rotatable bonds is 5. The molecular weight excluding hydrogens is 360 g/mol. The van der Waals surface area contributed by atoms with Gasteiger partial charge in [-0.1, -0.05) is 29.4 Å². The van der Waals surface area contributed by atoms with Crippen molar-refractivity contribution in [2.45, 2.75) is 19.6 Å². The number of para-hydroxylation sites is 2. The summed E-state index contributed by atoms with van der Waals surface area (Å²) < 4.78 is 11.7. The third kappa shape index (κ3) is 3.21. The Bertz CT molecular complexity index is 1280. The molecule has 0 spiro atoms. The molecule has 4 aromatic rings. The molecule has 0 atom stereocenters. The van der Waals surface area contributed by atoms with Crippen LogP contribution in [0.25, 0.3) is 21.9 Å². The van der Waals surface area contributed by atoms with Crippen molar-refractivity contribution < 1.29 is 14.1 Å². The number of benzene rings is 2. The molecule has 138 valence electrons. The zero-order chi connectivity index (χ0) is 19.5. The highest BCUT2D eigenvalue weighted by Gasteiger charge is 2.16. The van der Waals surface area contributed by atoms with Crippen LogP contribution in [0.4, 0.5) is 0 Å². The summed E-state index contributed by atoms with van der Waals surface area (Å²) in [5.41, 5.74) is 1.20. The molecular formula is C20H14N4O4. The van der Waals surface area contributed by atoms with Gasteiger partial charge in [-0.2, -0.15) is 5.26 Å². The maximum Gasteiger partial charge on any atom is 0.312 e. The number of fused-ring (bicyclic) bond motifs is 2. The molecule has 0 bridgehead atoms. The smallest absolute Gasteiger partial charge is 0.312 e. The van der Waals surface area contributed by atoms with Crippen molar-refractivity contribution in [1.29, 1.82) is 5.26 Å². The minimum atomic E-state index is -0.537.